The highest BCUT2D eigenvalue weighted by Gasteiger charge is 2.24. The second-order valence-electron chi connectivity index (χ2n) is 6.87. The van der Waals surface area contributed by atoms with Crippen molar-refractivity contribution in [2.75, 3.05) is 45.2 Å². The third kappa shape index (κ3) is 6.57. The van der Waals surface area contributed by atoms with Crippen LogP contribution >= 0.6 is 46.7 Å². The van der Waals surface area contributed by atoms with Crippen molar-refractivity contribution < 1.29 is 0 Å². The minimum Gasteiger partial charge on any atom is -0.357 e. The smallest absolute Gasteiger partial charge is 0.191 e. The van der Waals surface area contributed by atoms with E-state index in [1.54, 1.807) is 11.3 Å². The maximum Gasteiger partial charge on any atom is 0.191 e. The summed E-state index contributed by atoms with van der Waals surface area (Å²) in [5.41, 5.74) is 1.01. The summed E-state index contributed by atoms with van der Waals surface area (Å²) in [6.07, 6.45) is 2.60. The third-order valence-corrected chi connectivity index (χ3v) is 6.61. The molecule has 1 aliphatic heterocycles. The Balaban J connectivity index is 0.00000280. The fourth-order valence-electron chi connectivity index (χ4n) is 3.21. The van der Waals surface area contributed by atoms with Gasteiger partial charge < -0.3 is 15.5 Å². The SMILES string of the molecule is CCNC(=NCc1csc(N(C)C)n1)NCC(c1cccs1)N1CCCC1.I. The maximum atomic E-state index is 4.74. The third-order valence-electron chi connectivity index (χ3n) is 4.58. The summed E-state index contributed by atoms with van der Waals surface area (Å²) in [6, 6.07) is 4.81. The Morgan fingerprint density at radius 2 is 2.07 bits per heavy atom. The molecule has 2 aromatic heterocycles. The molecule has 2 N–H and O–H groups in total. The molecule has 3 heterocycles. The van der Waals surface area contributed by atoms with Crippen molar-refractivity contribution in [3.63, 3.8) is 0 Å². The average Bonchev–Trinajstić information content (AvgIpc) is 3.42. The quantitative estimate of drug-likeness (QED) is 0.307. The molecule has 0 bridgehead atoms. The molecule has 3 rings (SSSR count). The lowest BCUT2D eigenvalue weighted by atomic mass is 10.2. The van der Waals surface area contributed by atoms with Crippen molar-refractivity contribution in [3.05, 3.63) is 33.5 Å². The predicted molar refractivity (Wildman–Crippen MR) is 133 cm³/mol. The van der Waals surface area contributed by atoms with Gasteiger partial charge in [0.25, 0.3) is 0 Å². The molecule has 0 radical (unpaired) electrons. The molecule has 1 saturated heterocycles. The minimum absolute atomic E-state index is 0. The lowest BCUT2D eigenvalue weighted by Crippen LogP contribution is -2.42. The number of guanidine groups is 1. The topological polar surface area (TPSA) is 55.8 Å². The van der Waals surface area contributed by atoms with Crippen LogP contribution in [0, 0.1) is 0 Å². The molecule has 0 saturated carbocycles. The number of nitrogens with one attached hydrogen (secondary N) is 2. The van der Waals surface area contributed by atoms with Crippen molar-refractivity contribution in [1.82, 2.24) is 20.5 Å². The van der Waals surface area contributed by atoms with E-state index in [4.69, 9.17) is 4.99 Å². The largest absolute Gasteiger partial charge is 0.357 e. The first-order valence-corrected chi connectivity index (χ1v) is 11.3. The summed E-state index contributed by atoms with van der Waals surface area (Å²) in [6.45, 7) is 6.77. The fourth-order valence-corrected chi connectivity index (χ4v) is 4.82. The number of halogens is 1. The number of nitrogens with zero attached hydrogens (tertiary/aromatic N) is 4. The van der Waals surface area contributed by atoms with Crippen LogP contribution in [0.4, 0.5) is 5.13 Å². The summed E-state index contributed by atoms with van der Waals surface area (Å²) in [5.74, 6) is 0.859. The summed E-state index contributed by atoms with van der Waals surface area (Å²) >= 11 is 3.50. The van der Waals surface area contributed by atoms with Gasteiger partial charge in [0.2, 0.25) is 0 Å². The van der Waals surface area contributed by atoms with Crippen molar-refractivity contribution in [1.29, 1.82) is 0 Å². The first kappa shape index (κ1) is 23.4. The number of aliphatic imine (C=N–C) groups is 1. The van der Waals surface area contributed by atoms with Crippen LogP contribution in [0.5, 0.6) is 0 Å². The number of thiophene rings is 1. The molecule has 1 unspecified atom stereocenters. The van der Waals surface area contributed by atoms with Crippen molar-refractivity contribution >= 4 is 57.7 Å². The molecule has 2 aromatic rings. The van der Waals surface area contributed by atoms with Crippen LogP contribution in [0.1, 0.15) is 36.4 Å². The van der Waals surface area contributed by atoms with Crippen molar-refractivity contribution in [2.24, 2.45) is 4.99 Å². The molecule has 0 aliphatic carbocycles. The van der Waals surface area contributed by atoms with Gasteiger partial charge in [0.1, 0.15) is 0 Å². The van der Waals surface area contributed by atoms with E-state index in [1.807, 2.05) is 30.3 Å². The van der Waals surface area contributed by atoms with E-state index in [0.29, 0.717) is 12.6 Å². The van der Waals surface area contributed by atoms with Gasteiger partial charge in [-0.25, -0.2) is 9.98 Å². The van der Waals surface area contributed by atoms with Gasteiger partial charge in [-0.1, -0.05) is 6.07 Å². The van der Waals surface area contributed by atoms with Gasteiger partial charge in [0.15, 0.2) is 11.1 Å². The number of aromatic nitrogens is 1. The molecular formula is C19H31IN6S2. The lowest BCUT2D eigenvalue weighted by Gasteiger charge is -2.27. The van der Waals surface area contributed by atoms with Crippen LogP contribution in [0.15, 0.2) is 27.9 Å². The standard InChI is InChI=1S/C19H30N6S2.HI/c1-4-20-18(21-12-15-14-27-19(23-15)24(2)3)22-13-16(17-8-7-11-26-17)25-9-5-6-10-25;/h7-8,11,14,16H,4-6,9-10,12-13H2,1-3H3,(H2,20,21,22);1H. The summed E-state index contributed by atoms with van der Waals surface area (Å²) in [5, 5.41) is 12.2. The Labute approximate surface area is 193 Å². The number of hydrogen-bond acceptors (Lipinski definition) is 6. The van der Waals surface area contributed by atoms with Gasteiger partial charge in [-0.15, -0.1) is 46.7 Å². The van der Waals surface area contributed by atoms with E-state index >= 15 is 0 Å². The highest BCUT2D eigenvalue weighted by molar-refractivity contribution is 14.0. The normalized spacial score (nSPS) is 15.9. The monoisotopic (exact) mass is 534 g/mol. The second kappa shape index (κ2) is 11.9. The maximum absolute atomic E-state index is 4.74. The van der Waals surface area contributed by atoms with E-state index in [2.05, 4.69) is 50.3 Å². The van der Waals surface area contributed by atoms with Gasteiger partial charge in [-0.2, -0.15) is 0 Å². The first-order valence-electron chi connectivity index (χ1n) is 9.58. The van der Waals surface area contributed by atoms with Gasteiger partial charge in [-0.3, -0.25) is 4.90 Å². The molecule has 1 fully saturated rings. The summed E-state index contributed by atoms with van der Waals surface area (Å²) < 4.78 is 0. The van der Waals surface area contributed by atoms with Gasteiger partial charge in [-0.05, 0) is 44.3 Å². The molecular weight excluding hydrogens is 503 g/mol. The predicted octanol–water partition coefficient (Wildman–Crippen LogP) is 3.78. The average molecular weight is 535 g/mol. The molecule has 28 heavy (non-hydrogen) atoms. The van der Waals surface area contributed by atoms with Crippen LogP contribution in [0.2, 0.25) is 0 Å². The van der Waals surface area contributed by atoms with Gasteiger partial charge >= 0.3 is 0 Å². The molecule has 1 aliphatic rings. The zero-order valence-electron chi connectivity index (χ0n) is 16.9. The van der Waals surface area contributed by atoms with Crippen LogP contribution in [-0.2, 0) is 6.54 Å². The second-order valence-corrected chi connectivity index (χ2v) is 8.68. The Hall–Kier alpha value is -0.910. The van der Waals surface area contributed by atoms with E-state index in [1.165, 1.54) is 30.8 Å². The Kier molecular flexibility index (Phi) is 9.96. The molecule has 6 nitrogen and oxygen atoms in total. The number of hydrogen-bond donors (Lipinski definition) is 2. The van der Waals surface area contributed by atoms with E-state index in [9.17, 15) is 0 Å². The fraction of sp³-hybridized carbons (Fsp3) is 0.579. The van der Waals surface area contributed by atoms with Crippen LogP contribution in [0.3, 0.4) is 0 Å². The summed E-state index contributed by atoms with van der Waals surface area (Å²) in [7, 11) is 4.03. The van der Waals surface area contributed by atoms with Crippen molar-refractivity contribution in [3.8, 4) is 0 Å². The molecule has 156 valence electrons. The molecule has 0 amide bonds. The van der Waals surface area contributed by atoms with Crippen LogP contribution in [0.25, 0.3) is 0 Å². The minimum atomic E-state index is 0. The van der Waals surface area contributed by atoms with E-state index < -0.39 is 0 Å². The highest BCUT2D eigenvalue weighted by Crippen LogP contribution is 2.27. The molecule has 0 aromatic carbocycles. The highest BCUT2D eigenvalue weighted by atomic mass is 127. The van der Waals surface area contributed by atoms with Crippen molar-refractivity contribution in [2.45, 2.75) is 32.4 Å². The lowest BCUT2D eigenvalue weighted by molar-refractivity contribution is 0.249. The number of thiazole rings is 1. The number of likely N-dealkylation sites (tertiary alicyclic amines) is 1. The molecule has 0 spiro atoms. The molecule has 9 heteroatoms. The number of rotatable bonds is 8. The zero-order chi connectivity index (χ0) is 19.1. The Morgan fingerprint density at radius 1 is 1.29 bits per heavy atom. The van der Waals surface area contributed by atoms with Crippen LogP contribution < -0.4 is 15.5 Å². The van der Waals surface area contributed by atoms with E-state index in [-0.39, 0.29) is 24.0 Å². The Morgan fingerprint density at radius 3 is 2.68 bits per heavy atom. The van der Waals surface area contributed by atoms with E-state index in [0.717, 1.165) is 29.9 Å². The van der Waals surface area contributed by atoms with Gasteiger partial charge in [0, 0.05) is 37.4 Å². The Bertz CT molecular complexity index is 710. The van der Waals surface area contributed by atoms with Crippen LogP contribution in [-0.4, -0.2) is 56.1 Å². The summed E-state index contributed by atoms with van der Waals surface area (Å²) in [4.78, 5) is 15.4. The molecule has 1 atom stereocenters. The first-order chi connectivity index (χ1) is 13.2. The number of anilines is 1. The van der Waals surface area contributed by atoms with Gasteiger partial charge in [0.05, 0.1) is 18.3 Å². The zero-order valence-corrected chi connectivity index (χ0v) is 20.8.